The van der Waals surface area contributed by atoms with Crippen LogP contribution in [0, 0.1) is 0 Å². The molecule has 4 rings (SSSR count). The molecule has 0 spiro atoms. The minimum absolute atomic E-state index is 0.0683. The van der Waals surface area contributed by atoms with E-state index in [1.165, 1.54) is 18.3 Å². The number of nitrogens with one attached hydrogen (secondary N) is 2. The highest BCUT2D eigenvalue weighted by atomic mass is 35.5. The summed E-state index contributed by atoms with van der Waals surface area (Å²) in [5.41, 5.74) is 0.949. The van der Waals surface area contributed by atoms with Crippen molar-refractivity contribution in [1.29, 1.82) is 0 Å². The van der Waals surface area contributed by atoms with Gasteiger partial charge in [0.25, 0.3) is 11.5 Å². The number of hydrogen-bond donors (Lipinski definition) is 2. The lowest BCUT2D eigenvalue weighted by atomic mass is 10.2. The first-order valence-electron chi connectivity index (χ1n) is 8.77. The van der Waals surface area contributed by atoms with Crippen LogP contribution >= 0.6 is 11.6 Å². The predicted molar refractivity (Wildman–Crippen MR) is 111 cm³/mol. The highest BCUT2D eigenvalue weighted by Gasteiger charge is 2.12. The third kappa shape index (κ3) is 4.36. The van der Waals surface area contributed by atoms with Crippen molar-refractivity contribution in [2.75, 3.05) is 5.32 Å². The SMILES string of the molecule is Cn1cc(-c2cc(Oc3ccc(NC(=O)c4ccc(Cl)[nH]c4=O)nc3)ccn2)cn1. The minimum atomic E-state index is -0.593. The van der Waals surface area contributed by atoms with Crippen molar-refractivity contribution < 1.29 is 9.53 Å². The highest BCUT2D eigenvalue weighted by Crippen LogP contribution is 2.25. The molecular weight excluding hydrogens is 408 g/mol. The van der Waals surface area contributed by atoms with Gasteiger partial charge in [0.05, 0.1) is 18.1 Å². The molecule has 10 heteroatoms. The maximum Gasteiger partial charge on any atom is 0.262 e. The van der Waals surface area contributed by atoms with Crippen LogP contribution in [0.5, 0.6) is 11.5 Å². The summed E-state index contributed by atoms with van der Waals surface area (Å²) >= 11 is 5.69. The quantitative estimate of drug-likeness (QED) is 0.477. The third-order valence-electron chi connectivity index (χ3n) is 4.06. The maximum absolute atomic E-state index is 12.2. The van der Waals surface area contributed by atoms with E-state index in [4.69, 9.17) is 16.3 Å². The van der Waals surface area contributed by atoms with E-state index in [-0.39, 0.29) is 16.5 Å². The van der Waals surface area contributed by atoms with Gasteiger partial charge >= 0.3 is 0 Å². The van der Waals surface area contributed by atoms with Crippen LogP contribution in [0.15, 0.2) is 66.0 Å². The standard InChI is InChI=1S/C20H15ClN6O3/c1-27-11-12(9-24-27)16-8-13(6-7-22-16)30-14-2-5-18(23-10-14)26-20(29)15-3-4-17(21)25-19(15)28/h2-11H,1H3,(H,25,28)(H,23,26,29). The number of anilines is 1. The number of ether oxygens (including phenoxy) is 1. The summed E-state index contributed by atoms with van der Waals surface area (Å²) < 4.78 is 7.51. The average molecular weight is 423 g/mol. The average Bonchev–Trinajstić information content (AvgIpc) is 3.16. The van der Waals surface area contributed by atoms with Gasteiger partial charge in [-0.25, -0.2) is 4.98 Å². The number of hydrogen-bond acceptors (Lipinski definition) is 6. The van der Waals surface area contributed by atoms with Crippen molar-refractivity contribution in [1.82, 2.24) is 24.7 Å². The number of H-pyrrole nitrogens is 1. The fourth-order valence-corrected chi connectivity index (χ4v) is 2.80. The first kappa shape index (κ1) is 19.3. The number of pyridine rings is 3. The summed E-state index contributed by atoms with van der Waals surface area (Å²) in [5, 5.41) is 6.84. The maximum atomic E-state index is 12.2. The molecule has 2 N–H and O–H groups in total. The Labute approximate surface area is 175 Å². The number of aromatic nitrogens is 5. The number of nitrogens with zero attached hydrogens (tertiary/aromatic N) is 4. The molecular formula is C20H15ClN6O3. The summed E-state index contributed by atoms with van der Waals surface area (Å²) in [6.07, 6.45) is 6.68. The van der Waals surface area contributed by atoms with E-state index in [1.807, 2.05) is 13.2 Å². The van der Waals surface area contributed by atoms with Crippen molar-refractivity contribution >= 4 is 23.3 Å². The molecule has 30 heavy (non-hydrogen) atoms. The molecule has 4 aromatic rings. The van der Waals surface area contributed by atoms with E-state index in [2.05, 4.69) is 25.4 Å². The number of aromatic amines is 1. The molecule has 0 fully saturated rings. The molecule has 0 saturated heterocycles. The number of carbonyl (C=O) groups is 1. The van der Waals surface area contributed by atoms with Gasteiger partial charge < -0.3 is 15.0 Å². The van der Waals surface area contributed by atoms with E-state index in [9.17, 15) is 9.59 Å². The Bertz CT molecular complexity index is 1270. The number of amides is 1. The minimum Gasteiger partial charge on any atom is -0.456 e. The Morgan fingerprint density at radius 2 is 2.00 bits per heavy atom. The molecule has 0 saturated carbocycles. The second-order valence-electron chi connectivity index (χ2n) is 6.26. The largest absolute Gasteiger partial charge is 0.456 e. The molecule has 150 valence electrons. The summed E-state index contributed by atoms with van der Waals surface area (Å²) in [6, 6.07) is 9.51. The Kier molecular flexibility index (Phi) is 5.27. The Morgan fingerprint density at radius 3 is 2.70 bits per heavy atom. The fraction of sp³-hybridized carbons (Fsp3) is 0.0500. The van der Waals surface area contributed by atoms with Crippen LogP contribution in [0.2, 0.25) is 5.15 Å². The number of carbonyl (C=O) groups excluding carboxylic acids is 1. The van der Waals surface area contributed by atoms with Gasteiger partial charge in [-0.05, 0) is 30.3 Å². The number of rotatable bonds is 5. The van der Waals surface area contributed by atoms with Crippen LogP contribution in [-0.2, 0) is 7.05 Å². The van der Waals surface area contributed by atoms with Gasteiger partial charge in [-0.15, -0.1) is 0 Å². The van der Waals surface area contributed by atoms with Crippen LogP contribution in [0.3, 0.4) is 0 Å². The van der Waals surface area contributed by atoms with Crippen molar-refractivity contribution in [3.63, 3.8) is 0 Å². The Morgan fingerprint density at radius 1 is 1.13 bits per heavy atom. The first-order chi connectivity index (χ1) is 14.5. The molecule has 0 aliphatic carbocycles. The molecule has 0 unspecified atom stereocenters. The number of aryl methyl sites for hydroxylation is 1. The molecule has 0 atom stereocenters. The lowest BCUT2D eigenvalue weighted by Gasteiger charge is -2.08. The molecule has 0 aliphatic heterocycles. The van der Waals surface area contributed by atoms with Crippen LogP contribution in [0.25, 0.3) is 11.3 Å². The van der Waals surface area contributed by atoms with E-state index in [1.54, 1.807) is 41.3 Å². The third-order valence-corrected chi connectivity index (χ3v) is 4.28. The van der Waals surface area contributed by atoms with Crippen LogP contribution in [-0.4, -0.2) is 30.6 Å². The van der Waals surface area contributed by atoms with Gasteiger partial charge in [0.2, 0.25) is 0 Å². The monoisotopic (exact) mass is 422 g/mol. The van der Waals surface area contributed by atoms with E-state index < -0.39 is 11.5 Å². The lowest BCUT2D eigenvalue weighted by molar-refractivity contribution is 0.102. The van der Waals surface area contributed by atoms with Crippen molar-refractivity contribution in [2.45, 2.75) is 0 Å². The molecule has 0 radical (unpaired) electrons. The summed E-state index contributed by atoms with van der Waals surface area (Å²) in [5.74, 6) is 0.729. The smallest absolute Gasteiger partial charge is 0.262 e. The molecule has 4 aromatic heterocycles. The number of halogens is 1. The van der Waals surface area contributed by atoms with Gasteiger partial charge in [0.1, 0.15) is 28.0 Å². The molecule has 4 heterocycles. The Hall–Kier alpha value is -3.98. The second kappa shape index (κ2) is 8.18. The molecule has 0 aliphatic rings. The topological polar surface area (TPSA) is 115 Å². The summed E-state index contributed by atoms with van der Waals surface area (Å²) in [4.78, 5) is 34.9. The molecule has 1 amide bonds. The van der Waals surface area contributed by atoms with Crippen molar-refractivity contribution in [2.24, 2.45) is 7.05 Å². The summed E-state index contributed by atoms with van der Waals surface area (Å²) in [7, 11) is 1.83. The molecule has 0 aromatic carbocycles. The van der Waals surface area contributed by atoms with E-state index in [0.717, 1.165) is 11.3 Å². The van der Waals surface area contributed by atoms with E-state index >= 15 is 0 Å². The first-order valence-corrected chi connectivity index (χ1v) is 9.15. The molecule has 9 nitrogen and oxygen atoms in total. The normalized spacial score (nSPS) is 10.6. The zero-order chi connectivity index (χ0) is 21.1. The van der Waals surface area contributed by atoms with Gasteiger partial charge in [0.15, 0.2) is 0 Å². The van der Waals surface area contributed by atoms with Gasteiger partial charge in [-0.1, -0.05) is 11.6 Å². The van der Waals surface area contributed by atoms with Crippen LogP contribution in [0.4, 0.5) is 5.82 Å². The predicted octanol–water partition coefficient (Wildman–Crippen LogP) is 3.26. The lowest BCUT2D eigenvalue weighted by Crippen LogP contribution is -2.23. The zero-order valence-corrected chi connectivity index (χ0v) is 16.4. The Balaban J connectivity index is 1.45. The zero-order valence-electron chi connectivity index (χ0n) is 15.7. The second-order valence-corrected chi connectivity index (χ2v) is 6.67. The fourth-order valence-electron chi connectivity index (χ4n) is 2.65. The highest BCUT2D eigenvalue weighted by molar-refractivity contribution is 6.29. The van der Waals surface area contributed by atoms with Gasteiger partial charge in [-0.3, -0.25) is 19.3 Å². The van der Waals surface area contributed by atoms with Gasteiger partial charge in [0, 0.05) is 31.1 Å². The van der Waals surface area contributed by atoms with Gasteiger partial charge in [-0.2, -0.15) is 5.10 Å². The van der Waals surface area contributed by atoms with E-state index in [0.29, 0.717) is 11.5 Å². The van der Waals surface area contributed by atoms with Crippen LogP contribution in [0.1, 0.15) is 10.4 Å². The van der Waals surface area contributed by atoms with Crippen molar-refractivity contribution in [3.05, 3.63) is 82.3 Å². The van der Waals surface area contributed by atoms with Crippen LogP contribution < -0.4 is 15.6 Å². The van der Waals surface area contributed by atoms with Crippen molar-refractivity contribution in [3.8, 4) is 22.8 Å². The molecule has 0 bridgehead atoms. The summed E-state index contributed by atoms with van der Waals surface area (Å²) in [6.45, 7) is 0.